The van der Waals surface area contributed by atoms with Crippen molar-refractivity contribution in [2.24, 2.45) is 23.5 Å². The minimum atomic E-state index is -0.173. The van der Waals surface area contributed by atoms with Crippen molar-refractivity contribution in [2.45, 2.75) is 64.9 Å². The summed E-state index contributed by atoms with van der Waals surface area (Å²) in [6.07, 6.45) is 8.60. The molecule has 0 aromatic heterocycles. The molecule has 0 saturated heterocycles. The molecule has 1 aliphatic rings. The molecule has 2 atom stereocenters. The molecule has 1 rings (SSSR count). The molecule has 0 aliphatic heterocycles. The van der Waals surface area contributed by atoms with Crippen LogP contribution in [0.4, 0.5) is 0 Å². The van der Waals surface area contributed by atoms with Crippen LogP contribution in [0.15, 0.2) is 0 Å². The number of aliphatic hydroxyl groups excluding tert-OH is 1. The molecule has 0 bridgehead atoms. The number of rotatable bonds is 7. The van der Waals surface area contributed by atoms with E-state index in [-0.39, 0.29) is 6.10 Å². The average Bonchev–Trinajstić information content (AvgIpc) is 2.75. The third-order valence-corrected chi connectivity index (χ3v) is 3.97. The summed E-state index contributed by atoms with van der Waals surface area (Å²) in [5.74, 6) is 1.82. The van der Waals surface area contributed by atoms with Crippen LogP contribution in [0.3, 0.4) is 0 Å². The fourth-order valence-electron chi connectivity index (χ4n) is 2.96. The Balaban J connectivity index is 2.22. The monoisotopic (exact) mass is 227 g/mol. The highest BCUT2D eigenvalue weighted by atomic mass is 16.3. The third kappa shape index (κ3) is 4.84. The van der Waals surface area contributed by atoms with Gasteiger partial charge in [0.25, 0.3) is 0 Å². The van der Waals surface area contributed by atoms with Crippen molar-refractivity contribution in [3.05, 3.63) is 0 Å². The van der Waals surface area contributed by atoms with Crippen LogP contribution in [0.2, 0.25) is 0 Å². The molecule has 2 heteroatoms. The first-order valence-corrected chi connectivity index (χ1v) is 7.01. The van der Waals surface area contributed by atoms with Crippen molar-refractivity contribution < 1.29 is 5.11 Å². The van der Waals surface area contributed by atoms with E-state index in [1.54, 1.807) is 0 Å². The Morgan fingerprint density at radius 3 is 2.38 bits per heavy atom. The van der Waals surface area contributed by atoms with Gasteiger partial charge < -0.3 is 10.8 Å². The van der Waals surface area contributed by atoms with Crippen LogP contribution in [0.1, 0.15) is 58.8 Å². The first-order valence-electron chi connectivity index (χ1n) is 7.01. The Hall–Kier alpha value is -0.0800. The van der Waals surface area contributed by atoms with Gasteiger partial charge in [-0.2, -0.15) is 0 Å². The van der Waals surface area contributed by atoms with Gasteiger partial charge in [-0.15, -0.1) is 0 Å². The van der Waals surface area contributed by atoms with Gasteiger partial charge in [0.15, 0.2) is 0 Å². The van der Waals surface area contributed by atoms with Gasteiger partial charge >= 0.3 is 0 Å². The van der Waals surface area contributed by atoms with Gasteiger partial charge in [-0.3, -0.25) is 0 Å². The van der Waals surface area contributed by atoms with Gasteiger partial charge in [0.2, 0.25) is 0 Å². The minimum absolute atomic E-state index is 0.173. The zero-order valence-corrected chi connectivity index (χ0v) is 11.0. The molecule has 1 aliphatic carbocycles. The zero-order chi connectivity index (χ0) is 12.0. The molecule has 3 N–H and O–H groups in total. The Labute approximate surface area is 101 Å². The summed E-state index contributed by atoms with van der Waals surface area (Å²) in [6.45, 7) is 5.03. The lowest BCUT2D eigenvalue weighted by Gasteiger charge is -2.24. The molecular formula is C14H29NO. The predicted octanol–water partition coefficient (Wildman–Crippen LogP) is 2.94. The molecule has 1 fully saturated rings. The van der Waals surface area contributed by atoms with E-state index in [4.69, 9.17) is 5.73 Å². The number of aliphatic hydroxyl groups is 1. The molecule has 16 heavy (non-hydrogen) atoms. The second kappa shape index (κ2) is 7.29. The van der Waals surface area contributed by atoms with Crippen LogP contribution in [-0.4, -0.2) is 17.8 Å². The normalized spacial score (nSPS) is 21.6. The SMILES string of the molecule is CC(C)CC(CN)C(O)CCC1CCCC1. The summed E-state index contributed by atoms with van der Waals surface area (Å²) in [7, 11) is 0. The van der Waals surface area contributed by atoms with Crippen molar-refractivity contribution in [3.63, 3.8) is 0 Å². The summed E-state index contributed by atoms with van der Waals surface area (Å²) in [5.41, 5.74) is 5.75. The lowest BCUT2D eigenvalue weighted by Crippen LogP contribution is -2.29. The molecule has 96 valence electrons. The van der Waals surface area contributed by atoms with E-state index in [1.807, 2.05) is 0 Å². The zero-order valence-electron chi connectivity index (χ0n) is 11.0. The van der Waals surface area contributed by atoms with Crippen molar-refractivity contribution >= 4 is 0 Å². The van der Waals surface area contributed by atoms with Crippen molar-refractivity contribution in [1.29, 1.82) is 0 Å². The van der Waals surface area contributed by atoms with Crippen molar-refractivity contribution in [3.8, 4) is 0 Å². The highest BCUT2D eigenvalue weighted by molar-refractivity contribution is 4.74. The highest BCUT2D eigenvalue weighted by Crippen LogP contribution is 2.30. The lowest BCUT2D eigenvalue weighted by atomic mass is 9.88. The summed E-state index contributed by atoms with van der Waals surface area (Å²) in [5, 5.41) is 10.1. The Morgan fingerprint density at radius 1 is 1.25 bits per heavy atom. The predicted molar refractivity (Wildman–Crippen MR) is 69.2 cm³/mol. The molecule has 0 spiro atoms. The third-order valence-electron chi connectivity index (χ3n) is 3.97. The molecule has 0 heterocycles. The number of hydrogen-bond acceptors (Lipinski definition) is 2. The van der Waals surface area contributed by atoms with E-state index in [2.05, 4.69) is 13.8 Å². The Bertz CT molecular complexity index is 176. The molecule has 0 aromatic rings. The van der Waals surface area contributed by atoms with E-state index in [9.17, 15) is 5.11 Å². The maximum atomic E-state index is 10.1. The Morgan fingerprint density at radius 2 is 1.88 bits per heavy atom. The molecule has 0 amide bonds. The summed E-state index contributed by atoms with van der Waals surface area (Å²) >= 11 is 0. The molecule has 2 nitrogen and oxygen atoms in total. The molecule has 0 aromatic carbocycles. The van der Waals surface area contributed by atoms with Crippen LogP contribution >= 0.6 is 0 Å². The second-order valence-corrected chi connectivity index (χ2v) is 5.92. The van der Waals surface area contributed by atoms with Crippen LogP contribution in [-0.2, 0) is 0 Å². The van der Waals surface area contributed by atoms with Crippen LogP contribution < -0.4 is 5.73 Å². The lowest BCUT2D eigenvalue weighted by molar-refractivity contribution is 0.0843. The molecular weight excluding hydrogens is 198 g/mol. The number of hydrogen-bond donors (Lipinski definition) is 2. The van der Waals surface area contributed by atoms with E-state index in [1.165, 1.54) is 32.1 Å². The van der Waals surface area contributed by atoms with Gasteiger partial charge in [-0.25, -0.2) is 0 Å². The number of nitrogens with two attached hydrogens (primary N) is 1. The van der Waals surface area contributed by atoms with E-state index in [0.29, 0.717) is 18.4 Å². The summed E-state index contributed by atoms with van der Waals surface area (Å²) in [6, 6.07) is 0. The topological polar surface area (TPSA) is 46.2 Å². The first kappa shape index (κ1) is 14.0. The fourth-order valence-corrected chi connectivity index (χ4v) is 2.96. The van der Waals surface area contributed by atoms with Gasteiger partial charge in [0.1, 0.15) is 0 Å². The largest absolute Gasteiger partial charge is 0.393 e. The maximum absolute atomic E-state index is 10.1. The average molecular weight is 227 g/mol. The van der Waals surface area contributed by atoms with E-state index >= 15 is 0 Å². The van der Waals surface area contributed by atoms with Crippen molar-refractivity contribution in [2.75, 3.05) is 6.54 Å². The van der Waals surface area contributed by atoms with Gasteiger partial charge in [0, 0.05) is 0 Å². The van der Waals surface area contributed by atoms with Crippen LogP contribution in [0, 0.1) is 17.8 Å². The first-order chi connectivity index (χ1) is 7.63. The van der Waals surface area contributed by atoms with Crippen LogP contribution in [0.25, 0.3) is 0 Å². The van der Waals surface area contributed by atoms with Gasteiger partial charge in [-0.1, -0.05) is 39.5 Å². The minimum Gasteiger partial charge on any atom is -0.393 e. The fraction of sp³-hybridized carbons (Fsp3) is 1.00. The molecule has 2 unspecified atom stereocenters. The van der Waals surface area contributed by atoms with Crippen molar-refractivity contribution in [1.82, 2.24) is 0 Å². The summed E-state index contributed by atoms with van der Waals surface area (Å²) < 4.78 is 0. The quantitative estimate of drug-likeness (QED) is 0.702. The highest BCUT2D eigenvalue weighted by Gasteiger charge is 2.21. The van der Waals surface area contributed by atoms with E-state index < -0.39 is 0 Å². The molecule has 0 radical (unpaired) electrons. The van der Waals surface area contributed by atoms with Crippen LogP contribution in [0.5, 0.6) is 0 Å². The Kier molecular flexibility index (Phi) is 6.37. The van der Waals surface area contributed by atoms with E-state index in [0.717, 1.165) is 18.8 Å². The summed E-state index contributed by atoms with van der Waals surface area (Å²) in [4.78, 5) is 0. The van der Waals surface area contributed by atoms with Gasteiger partial charge in [0.05, 0.1) is 6.10 Å². The van der Waals surface area contributed by atoms with Gasteiger partial charge in [-0.05, 0) is 43.6 Å². The maximum Gasteiger partial charge on any atom is 0.0580 e. The standard InChI is InChI=1S/C14H29NO/c1-11(2)9-13(10-15)14(16)8-7-12-5-3-4-6-12/h11-14,16H,3-10,15H2,1-2H3. The smallest absolute Gasteiger partial charge is 0.0580 e. The second-order valence-electron chi connectivity index (χ2n) is 5.92. The molecule has 1 saturated carbocycles.